The largest absolute Gasteiger partial charge is 0.480 e. The summed E-state index contributed by atoms with van der Waals surface area (Å²) >= 11 is 11.8. The van der Waals surface area contributed by atoms with Crippen molar-refractivity contribution in [1.29, 1.82) is 0 Å². The number of rotatable bonds is 6. The standard InChI is InChI=1S/C13H17Cl2NO2/c1-3-16(4-2)12(13(17)18)8-9-5-6-10(14)11(15)7-9/h5-7,12H,3-4,8H2,1-2H3,(H,17,18)/t12-/m1/s1. The highest BCUT2D eigenvalue weighted by atomic mass is 35.5. The minimum absolute atomic E-state index is 0.425. The zero-order valence-corrected chi connectivity index (χ0v) is 12.0. The summed E-state index contributed by atoms with van der Waals surface area (Å²) in [7, 11) is 0. The van der Waals surface area contributed by atoms with Gasteiger partial charge in [0.25, 0.3) is 0 Å². The first-order chi connectivity index (χ1) is 8.49. The summed E-state index contributed by atoms with van der Waals surface area (Å²) in [5, 5.41) is 10.2. The second-order valence-electron chi connectivity index (χ2n) is 4.03. The molecule has 18 heavy (non-hydrogen) atoms. The van der Waals surface area contributed by atoms with Gasteiger partial charge < -0.3 is 5.11 Å². The first kappa shape index (κ1) is 15.3. The molecule has 1 aromatic rings. The maximum atomic E-state index is 11.3. The van der Waals surface area contributed by atoms with Crippen LogP contribution < -0.4 is 0 Å². The van der Waals surface area contributed by atoms with Gasteiger partial charge in [-0.05, 0) is 37.2 Å². The molecule has 0 aliphatic rings. The minimum atomic E-state index is -0.815. The summed E-state index contributed by atoms with van der Waals surface area (Å²) in [5.74, 6) is -0.815. The van der Waals surface area contributed by atoms with Crippen LogP contribution in [0.25, 0.3) is 0 Å². The van der Waals surface area contributed by atoms with Gasteiger partial charge in [-0.15, -0.1) is 0 Å². The Balaban J connectivity index is 2.89. The van der Waals surface area contributed by atoms with Crippen molar-refractivity contribution in [2.45, 2.75) is 26.3 Å². The molecule has 0 heterocycles. The smallest absolute Gasteiger partial charge is 0.321 e. The molecule has 0 fully saturated rings. The van der Waals surface area contributed by atoms with Gasteiger partial charge >= 0.3 is 5.97 Å². The normalized spacial score (nSPS) is 12.7. The number of hydrogen-bond acceptors (Lipinski definition) is 2. The highest BCUT2D eigenvalue weighted by Gasteiger charge is 2.23. The number of hydrogen-bond donors (Lipinski definition) is 1. The molecule has 3 nitrogen and oxygen atoms in total. The molecule has 0 radical (unpaired) electrons. The molecule has 0 bridgehead atoms. The van der Waals surface area contributed by atoms with E-state index >= 15 is 0 Å². The van der Waals surface area contributed by atoms with Crippen LogP contribution >= 0.6 is 23.2 Å². The first-order valence-corrected chi connectivity index (χ1v) is 6.66. The Labute approximate surface area is 117 Å². The highest BCUT2D eigenvalue weighted by Crippen LogP contribution is 2.23. The number of benzene rings is 1. The molecule has 0 aliphatic heterocycles. The summed E-state index contributed by atoms with van der Waals surface area (Å²) in [6, 6.07) is 4.70. The fourth-order valence-electron chi connectivity index (χ4n) is 1.93. The van der Waals surface area contributed by atoms with Crippen LogP contribution in [0, 0.1) is 0 Å². The predicted molar refractivity (Wildman–Crippen MR) is 74.5 cm³/mol. The summed E-state index contributed by atoms with van der Waals surface area (Å²) in [6.45, 7) is 5.31. The molecule has 0 aromatic heterocycles. The molecule has 0 aliphatic carbocycles. The van der Waals surface area contributed by atoms with E-state index in [1.165, 1.54) is 0 Å². The number of halogens is 2. The van der Waals surface area contributed by atoms with Crippen molar-refractivity contribution in [2.24, 2.45) is 0 Å². The van der Waals surface area contributed by atoms with Gasteiger partial charge in [-0.3, -0.25) is 9.69 Å². The fourth-order valence-corrected chi connectivity index (χ4v) is 2.25. The number of carbonyl (C=O) groups is 1. The van der Waals surface area contributed by atoms with Gasteiger partial charge in [-0.25, -0.2) is 0 Å². The molecule has 0 unspecified atom stereocenters. The lowest BCUT2D eigenvalue weighted by molar-refractivity contribution is -0.143. The molecular formula is C13H17Cl2NO2. The first-order valence-electron chi connectivity index (χ1n) is 5.90. The SMILES string of the molecule is CCN(CC)[C@H](Cc1ccc(Cl)c(Cl)c1)C(=O)O. The Bertz CT molecular complexity index is 419. The third-order valence-electron chi connectivity index (χ3n) is 2.95. The second kappa shape index (κ2) is 6.98. The Kier molecular flexibility index (Phi) is 5.93. The van der Waals surface area contributed by atoms with Gasteiger partial charge in [0.05, 0.1) is 10.0 Å². The van der Waals surface area contributed by atoms with Crippen molar-refractivity contribution in [3.8, 4) is 0 Å². The van der Waals surface area contributed by atoms with E-state index in [1.807, 2.05) is 24.8 Å². The van der Waals surface area contributed by atoms with Crippen LogP contribution in [0.3, 0.4) is 0 Å². The lowest BCUT2D eigenvalue weighted by atomic mass is 10.0. The average Bonchev–Trinajstić information content (AvgIpc) is 2.33. The van der Waals surface area contributed by atoms with Gasteiger partial charge in [0.15, 0.2) is 0 Å². The third-order valence-corrected chi connectivity index (χ3v) is 3.69. The quantitative estimate of drug-likeness (QED) is 0.873. The van der Waals surface area contributed by atoms with Crippen molar-refractivity contribution in [1.82, 2.24) is 4.90 Å². The molecule has 1 rings (SSSR count). The summed E-state index contributed by atoms with van der Waals surface area (Å²) in [4.78, 5) is 13.2. The summed E-state index contributed by atoms with van der Waals surface area (Å²) < 4.78 is 0. The van der Waals surface area contributed by atoms with Gasteiger partial charge in [0.1, 0.15) is 6.04 Å². The van der Waals surface area contributed by atoms with E-state index in [0.29, 0.717) is 29.6 Å². The average molecular weight is 290 g/mol. The Hall–Kier alpha value is -0.770. The van der Waals surface area contributed by atoms with Crippen molar-refractivity contribution in [3.05, 3.63) is 33.8 Å². The number of aliphatic carboxylic acids is 1. The number of nitrogens with zero attached hydrogens (tertiary/aromatic N) is 1. The minimum Gasteiger partial charge on any atom is -0.480 e. The van der Waals surface area contributed by atoms with Crippen LogP contribution in [0.4, 0.5) is 0 Å². The molecule has 5 heteroatoms. The van der Waals surface area contributed by atoms with E-state index in [1.54, 1.807) is 12.1 Å². The molecule has 0 saturated heterocycles. The van der Waals surface area contributed by atoms with E-state index in [9.17, 15) is 9.90 Å². The third kappa shape index (κ3) is 3.87. The molecule has 0 amide bonds. The van der Waals surface area contributed by atoms with Crippen LogP contribution in [0.5, 0.6) is 0 Å². The van der Waals surface area contributed by atoms with E-state index in [-0.39, 0.29) is 0 Å². The molecule has 0 spiro atoms. The van der Waals surface area contributed by atoms with Gasteiger partial charge in [-0.1, -0.05) is 43.1 Å². The topological polar surface area (TPSA) is 40.5 Å². The lowest BCUT2D eigenvalue weighted by Gasteiger charge is -2.26. The maximum absolute atomic E-state index is 11.3. The van der Waals surface area contributed by atoms with Gasteiger partial charge in [-0.2, -0.15) is 0 Å². The van der Waals surface area contributed by atoms with E-state index < -0.39 is 12.0 Å². The number of likely N-dealkylation sites (N-methyl/N-ethyl adjacent to an activating group) is 1. The molecular weight excluding hydrogens is 273 g/mol. The van der Waals surface area contributed by atoms with Crippen LogP contribution in [0.1, 0.15) is 19.4 Å². The Morgan fingerprint density at radius 2 is 1.89 bits per heavy atom. The van der Waals surface area contributed by atoms with Crippen LogP contribution in [-0.4, -0.2) is 35.1 Å². The van der Waals surface area contributed by atoms with Crippen molar-refractivity contribution >= 4 is 29.2 Å². The van der Waals surface area contributed by atoms with Gasteiger partial charge in [0.2, 0.25) is 0 Å². The van der Waals surface area contributed by atoms with Crippen LogP contribution in [-0.2, 0) is 11.2 Å². The Morgan fingerprint density at radius 1 is 1.28 bits per heavy atom. The zero-order valence-electron chi connectivity index (χ0n) is 10.5. The summed E-state index contributed by atoms with van der Waals surface area (Å²) in [6.07, 6.45) is 0.425. The number of carboxylic acids is 1. The predicted octanol–water partition coefficient (Wildman–Crippen LogP) is 3.33. The lowest BCUT2D eigenvalue weighted by Crippen LogP contribution is -2.42. The summed E-state index contributed by atoms with van der Waals surface area (Å²) in [5.41, 5.74) is 0.878. The van der Waals surface area contributed by atoms with E-state index in [4.69, 9.17) is 23.2 Å². The molecule has 100 valence electrons. The number of carboxylic acid groups (broad SMARTS) is 1. The maximum Gasteiger partial charge on any atom is 0.321 e. The Morgan fingerprint density at radius 3 is 2.33 bits per heavy atom. The molecule has 0 saturated carbocycles. The second-order valence-corrected chi connectivity index (χ2v) is 4.84. The van der Waals surface area contributed by atoms with Crippen molar-refractivity contribution in [2.75, 3.05) is 13.1 Å². The monoisotopic (exact) mass is 289 g/mol. The van der Waals surface area contributed by atoms with Crippen molar-refractivity contribution < 1.29 is 9.90 Å². The van der Waals surface area contributed by atoms with E-state index in [0.717, 1.165) is 5.56 Å². The molecule has 1 aromatic carbocycles. The molecule has 1 atom stereocenters. The van der Waals surface area contributed by atoms with Crippen LogP contribution in [0.2, 0.25) is 10.0 Å². The molecule has 1 N–H and O–H groups in total. The zero-order chi connectivity index (χ0) is 13.7. The van der Waals surface area contributed by atoms with Crippen LogP contribution in [0.15, 0.2) is 18.2 Å². The van der Waals surface area contributed by atoms with Gasteiger partial charge in [0, 0.05) is 0 Å². The van der Waals surface area contributed by atoms with Crippen molar-refractivity contribution in [3.63, 3.8) is 0 Å². The fraction of sp³-hybridized carbons (Fsp3) is 0.462. The highest BCUT2D eigenvalue weighted by molar-refractivity contribution is 6.42. The van der Waals surface area contributed by atoms with E-state index in [2.05, 4.69) is 0 Å².